The number of hydrogen-bond acceptors (Lipinski definition) is 4. The summed E-state index contributed by atoms with van der Waals surface area (Å²) in [6.45, 7) is 2.06. The van der Waals surface area contributed by atoms with Crippen molar-refractivity contribution in [3.63, 3.8) is 0 Å². The minimum Gasteiger partial charge on any atom is -0.477 e. The lowest BCUT2D eigenvalue weighted by Gasteiger charge is -2.10. The van der Waals surface area contributed by atoms with Gasteiger partial charge in [0.1, 0.15) is 10.7 Å². The molecule has 1 unspecified atom stereocenters. The van der Waals surface area contributed by atoms with Gasteiger partial charge in [0.05, 0.1) is 0 Å². The summed E-state index contributed by atoms with van der Waals surface area (Å²) in [7, 11) is 0. The molecule has 4 nitrogen and oxygen atoms in total. The van der Waals surface area contributed by atoms with Gasteiger partial charge < -0.3 is 10.2 Å². The van der Waals surface area contributed by atoms with E-state index < -0.39 is 5.97 Å². The van der Waals surface area contributed by atoms with Crippen molar-refractivity contribution in [3.8, 4) is 0 Å². The van der Waals surface area contributed by atoms with Crippen LogP contribution in [0.3, 0.4) is 0 Å². The summed E-state index contributed by atoms with van der Waals surface area (Å²) in [6, 6.07) is 9.17. The van der Waals surface area contributed by atoms with Gasteiger partial charge in [0.15, 0.2) is 0 Å². The van der Waals surface area contributed by atoms with Crippen LogP contribution in [-0.2, 0) is 0 Å². The van der Waals surface area contributed by atoms with Crippen LogP contribution in [0.1, 0.15) is 17.4 Å². The molecule has 100 valence electrons. The number of fused-ring (bicyclic) bond motifs is 1. The smallest absolute Gasteiger partial charge is 0.354 e. The molecular formula is C14H15NO3S. The van der Waals surface area contributed by atoms with Crippen molar-refractivity contribution in [1.29, 1.82) is 0 Å². The Morgan fingerprint density at radius 1 is 1.42 bits per heavy atom. The third-order valence-corrected chi connectivity index (χ3v) is 4.06. The highest BCUT2D eigenvalue weighted by molar-refractivity contribution is 7.99. The SMILES string of the molecule is CC(CO)CSc1nc(C(=O)O)cc2ccccc12. The van der Waals surface area contributed by atoms with Crippen LogP contribution in [0.5, 0.6) is 0 Å². The maximum Gasteiger partial charge on any atom is 0.354 e. The number of rotatable bonds is 5. The number of aliphatic hydroxyl groups is 1. The largest absolute Gasteiger partial charge is 0.477 e. The fourth-order valence-corrected chi connectivity index (χ4v) is 2.71. The zero-order valence-electron chi connectivity index (χ0n) is 10.5. The number of aliphatic hydroxyl groups excluding tert-OH is 1. The summed E-state index contributed by atoms with van der Waals surface area (Å²) in [5.74, 6) is -0.168. The summed E-state index contributed by atoms with van der Waals surface area (Å²) >= 11 is 1.48. The molecule has 0 amide bonds. The number of thioether (sulfide) groups is 1. The average molecular weight is 277 g/mol. The zero-order chi connectivity index (χ0) is 13.8. The number of benzene rings is 1. The van der Waals surface area contributed by atoms with Gasteiger partial charge >= 0.3 is 5.97 Å². The molecule has 0 fully saturated rings. The number of carboxylic acids is 1. The van der Waals surface area contributed by atoms with Gasteiger partial charge in [-0.3, -0.25) is 0 Å². The molecule has 1 heterocycles. The molecule has 0 saturated carbocycles. The Hall–Kier alpha value is -1.59. The second-order valence-electron chi connectivity index (χ2n) is 4.44. The summed E-state index contributed by atoms with van der Waals surface area (Å²) in [5.41, 5.74) is 0.0536. The van der Waals surface area contributed by atoms with Crippen molar-refractivity contribution in [2.45, 2.75) is 11.9 Å². The zero-order valence-corrected chi connectivity index (χ0v) is 11.4. The minimum absolute atomic E-state index is 0.0536. The fraction of sp³-hybridized carbons (Fsp3) is 0.286. The third kappa shape index (κ3) is 3.24. The molecule has 0 radical (unpaired) electrons. The van der Waals surface area contributed by atoms with E-state index in [2.05, 4.69) is 4.98 Å². The summed E-state index contributed by atoms with van der Waals surface area (Å²) < 4.78 is 0. The van der Waals surface area contributed by atoms with E-state index in [1.807, 2.05) is 31.2 Å². The van der Waals surface area contributed by atoms with Crippen molar-refractivity contribution in [2.24, 2.45) is 5.92 Å². The Morgan fingerprint density at radius 2 is 2.16 bits per heavy atom. The van der Waals surface area contributed by atoms with Crippen LogP contribution in [0, 0.1) is 5.92 Å². The van der Waals surface area contributed by atoms with Crippen LogP contribution in [0.4, 0.5) is 0 Å². The van der Waals surface area contributed by atoms with Crippen LogP contribution >= 0.6 is 11.8 Å². The van der Waals surface area contributed by atoms with Gasteiger partial charge in [0.25, 0.3) is 0 Å². The Bertz CT molecular complexity index is 600. The molecule has 0 saturated heterocycles. The number of carboxylic acid groups (broad SMARTS) is 1. The van der Waals surface area contributed by atoms with E-state index in [9.17, 15) is 4.79 Å². The molecule has 1 aromatic heterocycles. The van der Waals surface area contributed by atoms with Crippen LogP contribution in [0.2, 0.25) is 0 Å². The monoisotopic (exact) mass is 277 g/mol. The maximum absolute atomic E-state index is 11.1. The van der Waals surface area contributed by atoms with Gasteiger partial charge in [0.2, 0.25) is 0 Å². The molecule has 2 aromatic rings. The molecule has 2 rings (SSSR count). The second kappa shape index (κ2) is 6.04. The highest BCUT2D eigenvalue weighted by Crippen LogP contribution is 2.28. The lowest BCUT2D eigenvalue weighted by atomic mass is 10.1. The van der Waals surface area contributed by atoms with E-state index in [0.29, 0.717) is 10.8 Å². The normalized spacial score (nSPS) is 12.5. The molecule has 5 heteroatoms. The molecule has 2 N–H and O–H groups in total. The Labute approximate surface area is 115 Å². The van der Waals surface area contributed by atoms with Crippen molar-refractivity contribution in [1.82, 2.24) is 4.98 Å². The molecule has 0 bridgehead atoms. The average Bonchev–Trinajstić information content (AvgIpc) is 2.43. The van der Waals surface area contributed by atoms with Gasteiger partial charge in [-0.05, 0) is 17.4 Å². The minimum atomic E-state index is -1.03. The first-order chi connectivity index (χ1) is 9.11. The summed E-state index contributed by atoms with van der Waals surface area (Å²) in [5, 5.41) is 20.6. The molecule has 1 aromatic carbocycles. The number of nitrogens with zero attached hydrogens (tertiary/aromatic N) is 1. The van der Waals surface area contributed by atoms with Gasteiger partial charge in [-0.1, -0.05) is 31.2 Å². The lowest BCUT2D eigenvalue weighted by molar-refractivity contribution is 0.0690. The number of hydrogen-bond donors (Lipinski definition) is 2. The standard InChI is InChI=1S/C14H15NO3S/c1-9(7-16)8-19-13-11-5-3-2-4-10(11)6-12(15-13)14(17)18/h2-6,9,16H,7-8H2,1H3,(H,17,18). The van der Waals surface area contributed by atoms with Crippen molar-refractivity contribution in [3.05, 3.63) is 36.0 Å². The van der Waals surface area contributed by atoms with Crippen LogP contribution in [-0.4, -0.2) is 33.5 Å². The maximum atomic E-state index is 11.1. The Kier molecular flexibility index (Phi) is 4.39. The Morgan fingerprint density at radius 3 is 2.84 bits per heavy atom. The van der Waals surface area contributed by atoms with E-state index in [1.165, 1.54) is 11.8 Å². The van der Waals surface area contributed by atoms with E-state index in [4.69, 9.17) is 10.2 Å². The molecule has 0 spiro atoms. The van der Waals surface area contributed by atoms with Gasteiger partial charge in [-0.25, -0.2) is 9.78 Å². The van der Waals surface area contributed by atoms with Crippen molar-refractivity contribution >= 4 is 28.5 Å². The fourth-order valence-electron chi connectivity index (χ4n) is 1.66. The van der Waals surface area contributed by atoms with Crippen LogP contribution < -0.4 is 0 Å². The second-order valence-corrected chi connectivity index (χ2v) is 5.45. The lowest BCUT2D eigenvalue weighted by Crippen LogP contribution is -2.05. The molecule has 0 aliphatic heterocycles. The van der Waals surface area contributed by atoms with E-state index in [0.717, 1.165) is 10.8 Å². The van der Waals surface area contributed by atoms with Gasteiger partial charge in [-0.2, -0.15) is 0 Å². The van der Waals surface area contributed by atoms with Gasteiger partial charge in [0, 0.05) is 17.7 Å². The van der Waals surface area contributed by atoms with Crippen molar-refractivity contribution in [2.75, 3.05) is 12.4 Å². The Balaban J connectivity index is 2.41. The van der Waals surface area contributed by atoms with E-state index in [-0.39, 0.29) is 18.2 Å². The van der Waals surface area contributed by atoms with E-state index >= 15 is 0 Å². The topological polar surface area (TPSA) is 70.4 Å². The first-order valence-corrected chi connectivity index (χ1v) is 6.97. The molecule has 19 heavy (non-hydrogen) atoms. The van der Waals surface area contributed by atoms with Crippen molar-refractivity contribution < 1.29 is 15.0 Å². The quantitative estimate of drug-likeness (QED) is 0.822. The van der Waals surface area contributed by atoms with E-state index in [1.54, 1.807) is 6.07 Å². The summed E-state index contributed by atoms with van der Waals surface area (Å²) in [4.78, 5) is 15.3. The highest BCUT2D eigenvalue weighted by Gasteiger charge is 2.12. The molecule has 0 aliphatic rings. The number of aromatic carboxylic acids is 1. The number of carbonyl (C=O) groups is 1. The number of aromatic nitrogens is 1. The first-order valence-electron chi connectivity index (χ1n) is 5.98. The number of pyridine rings is 1. The molecular weight excluding hydrogens is 262 g/mol. The summed E-state index contributed by atoms with van der Waals surface area (Å²) in [6.07, 6.45) is 0. The third-order valence-electron chi connectivity index (χ3n) is 2.74. The van der Waals surface area contributed by atoms with Gasteiger partial charge in [-0.15, -0.1) is 11.8 Å². The predicted molar refractivity (Wildman–Crippen MR) is 75.7 cm³/mol. The van der Waals surface area contributed by atoms with Crippen LogP contribution in [0.15, 0.2) is 35.4 Å². The molecule has 1 atom stereocenters. The van der Waals surface area contributed by atoms with Crippen LogP contribution in [0.25, 0.3) is 10.8 Å². The highest BCUT2D eigenvalue weighted by atomic mass is 32.2. The molecule has 0 aliphatic carbocycles. The predicted octanol–water partition coefficient (Wildman–Crippen LogP) is 2.65. The first kappa shape index (κ1) is 13.8.